The Balaban J connectivity index is 1.26. The van der Waals surface area contributed by atoms with Gasteiger partial charge in [0.15, 0.2) is 0 Å². The SMILES string of the molecule is O=C(CN1CCC(c2cnccn2)CC1)N1N=C(c2cccs2)C[C@H]1c1cccs1. The molecule has 3 aromatic rings. The van der Waals surface area contributed by atoms with Crippen LogP contribution in [0.15, 0.2) is 58.7 Å². The molecule has 2 aliphatic rings. The standard InChI is InChI=1S/C22H23N5OS2/c28-22(15-26-9-5-16(6-10-26)18-14-23-7-8-24-18)27-19(21-4-2-12-30-21)13-17(25-27)20-3-1-11-29-20/h1-4,7-8,11-12,14,16,19H,5-6,9-10,13,15H2/t19-/m0/s1. The van der Waals surface area contributed by atoms with E-state index in [9.17, 15) is 4.79 Å². The van der Waals surface area contributed by atoms with Crippen LogP contribution in [0.3, 0.4) is 0 Å². The van der Waals surface area contributed by atoms with Gasteiger partial charge in [0.2, 0.25) is 0 Å². The number of rotatable bonds is 5. The second kappa shape index (κ2) is 8.75. The Bertz CT molecular complexity index is 996. The molecule has 5 heterocycles. The predicted molar refractivity (Wildman–Crippen MR) is 120 cm³/mol. The minimum atomic E-state index is 0.00623. The highest BCUT2D eigenvalue weighted by molar-refractivity contribution is 7.12. The first kappa shape index (κ1) is 19.5. The topological polar surface area (TPSA) is 61.7 Å². The monoisotopic (exact) mass is 437 g/mol. The van der Waals surface area contributed by atoms with Gasteiger partial charge in [0.05, 0.1) is 28.9 Å². The molecule has 0 N–H and O–H groups in total. The van der Waals surface area contributed by atoms with Crippen molar-refractivity contribution in [1.82, 2.24) is 19.9 Å². The van der Waals surface area contributed by atoms with Crippen molar-refractivity contribution in [2.45, 2.75) is 31.2 Å². The summed E-state index contributed by atoms with van der Waals surface area (Å²) < 4.78 is 0. The molecule has 1 fully saturated rings. The van der Waals surface area contributed by atoms with Crippen LogP contribution in [0.4, 0.5) is 0 Å². The maximum atomic E-state index is 13.2. The average Bonchev–Trinajstić information content (AvgIpc) is 3.56. The normalized spacial score (nSPS) is 20.5. The minimum absolute atomic E-state index is 0.00623. The van der Waals surface area contributed by atoms with Crippen molar-refractivity contribution in [3.8, 4) is 0 Å². The molecule has 0 bridgehead atoms. The first-order valence-electron chi connectivity index (χ1n) is 10.2. The van der Waals surface area contributed by atoms with Crippen LogP contribution < -0.4 is 0 Å². The van der Waals surface area contributed by atoms with E-state index in [0.29, 0.717) is 12.5 Å². The molecule has 1 atom stereocenters. The molecule has 5 rings (SSSR count). The average molecular weight is 438 g/mol. The molecule has 0 aromatic carbocycles. The predicted octanol–water partition coefficient (Wildman–Crippen LogP) is 4.16. The Hall–Kier alpha value is -2.42. The zero-order valence-corrected chi connectivity index (χ0v) is 18.2. The fraction of sp³-hybridized carbons (Fsp3) is 0.364. The fourth-order valence-electron chi connectivity index (χ4n) is 4.21. The quantitative estimate of drug-likeness (QED) is 0.601. The Morgan fingerprint density at radius 2 is 1.93 bits per heavy atom. The molecule has 0 radical (unpaired) electrons. The summed E-state index contributed by atoms with van der Waals surface area (Å²) in [5.41, 5.74) is 2.07. The van der Waals surface area contributed by atoms with Crippen LogP contribution in [0, 0.1) is 0 Å². The van der Waals surface area contributed by atoms with Gasteiger partial charge in [0.1, 0.15) is 0 Å². The number of carbonyl (C=O) groups is 1. The molecular weight excluding hydrogens is 414 g/mol. The molecule has 1 saturated heterocycles. The lowest BCUT2D eigenvalue weighted by atomic mass is 9.94. The third-order valence-electron chi connectivity index (χ3n) is 5.79. The van der Waals surface area contributed by atoms with Crippen LogP contribution in [0.25, 0.3) is 0 Å². The molecule has 0 saturated carbocycles. The van der Waals surface area contributed by atoms with Crippen molar-refractivity contribution in [2.24, 2.45) is 5.10 Å². The van der Waals surface area contributed by atoms with Gasteiger partial charge >= 0.3 is 0 Å². The van der Waals surface area contributed by atoms with Gasteiger partial charge in [0.25, 0.3) is 5.91 Å². The summed E-state index contributed by atoms with van der Waals surface area (Å²) in [7, 11) is 0. The molecule has 3 aromatic heterocycles. The number of hydrogen-bond donors (Lipinski definition) is 0. The van der Waals surface area contributed by atoms with Crippen LogP contribution in [-0.2, 0) is 4.79 Å². The molecule has 8 heteroatoms. The Morgan fingerprint density at radius 3 is 2.63 bits per heavy atom. The van der Waals surface area contributed by atoms with Crippen molar-refractivity contribution in [1.29, 1.82) is 0 Å². The van der Waals surface area contributed by atoms with E-state index in [-0.39, 0.29) is 11.9 Å². The number of hydrogen-bond acceptors (Lipinski definition) is 7. The summed E-state index contributed by atoms with van der Waals surface area (Å²) in [6.07, 6.45) is 8.12. The summed E-state index contributed by atoms with van der Waals surface area (Å²) in [5.74, 6) is 0.511. The summed E-state index contributed by atoms with van der Waals surface area (Å²) in [6, 6.07) is 8.28. The molecule has 0 unspecified atom stereocenters. The lowest BCUT2D eigenvalue weighted by molar-refractivity contribution is -0.134. The largest absolute Gasteiger partial charge is 0.294 e. The summed E-state index contributed by atoms with van der Waals surface area (Å²) in [6.45, 7) is 2.20. The number of piperidine rings is 1. The Morgan fingerprint density at radius 1 is 1.10 bits per heavy atom. The van der Waals surface area contributed by atoms with Crippen LogP contribution in [0.1, 0.15) is 46.7 Å². The van der Waals surface area contributed by atoms with Gasteiger partial charge in [-0.15, -0.1) is 22.7 Å². The van der Waals surface area contributed by atoms with Gasteiger partial charge in [-0.1, -0.05) is 12.1 Å². The number of thiophene rings is 2. The van der Waals surface area contributed by atoms with E-state index in [1.165, 1.54) is 4.88 Å². The van der Waals surface area contributed by atoms with Gasteiger partial charge in [-0.2, -0.15) is 5.10 Å². The summed E-state index contributed by atoms with van der Waals surface area (Å²) in [4.78, 5) is 26.5. The Labute approximate surface area is 183 Å². The van der Waals surface area contributed by atoms with E-state index in [2.05, 4.69) is 37.8 Å². The first-order valence-corrected chi connectivity index (χ1v) is 12.0. The van der Waals surface area contributed by atoms with E-state index in [1.807, 2.05) is 18.3 Å². The molecule has 6 nitrogen and oxygen atoms in total. The van der Waals surface area contributed by atoms with E-state index in [1.54, 1.807) is 40.1 Å². The molecule has 2 aliphatic heterocycles. The molecule has 30 heavy (non-hydrogen) atoms. The molecule has 0 spiro atoms. The molecular formula is C22H23N5OS2. The van der Waals surface area contributed by atoms with E-state index in [0.717, 1.165) is 48.6 Å². The first-order chi connectivity index (χ1) is 14.8. The van der Waals surface area contributed by atoms with Crippen molar-refractivity contribution < 1.29 is 4.79 Å². The molecule has 1 amide bonds. The van der Waals surface area contributed by atoms with Crippen LogP contribution in [0.5, 0.6) is 0 Å². The van der Waals surface area contributed by atoms with E-state index >= 15 is 0 Å². The number of amides is 1. The van der Waals surface area contributed by atoms with Gasteiger partial charge in [-0.05, 0) is 48.8 Å². The molecule has 0 aliphatic carbocycles. The number of aromatic nitrogens is 2. The smallest absolute Gasteiger partial charge is 0.257 e. The number of likely N-dealkylation sites (tertiary alicyclic amines) is 1. The second-order valence-electron chi connectivity index (χ2n) is 7.68. The lowest BCUT2D eigenvalue weighted by Gasteiger charge is -2.32. The Kier molecular flexibility index (Phi) is 5.70. The summed E-state index contributed by atoms with van der Waals surface area (Å²) in [5, 5.41) is 10.6. The number of hydrazone groups is 1. The highest BCUT2D eigenvalue weighted by atomic mass is 32.1. The maximum absolute atomic E-state index is 13.2. The van der Waals surface area contributed by atoms with Crippen molar-refractivity contribution >= 4 is 34.3 Å². The van der Waals surface area contributed by atoms with E-state index < -0.39 is 0 Å². The minimum Gasteiger partial charge on any atom is -0.294 e. The van der Waals surface area contributed by atoms with Crippen molar-refractivity contribution in [2.75, 3.05) is 19.6 Å². The van der Waals surface area contributed by atoms with Gasteiger partial charge < -0.3 is 0 Å². The van der Waals surface area contributed by atoms with Crippen molar-refractivity contribution in [3.05, 3.63) is 69.1 Å². The zero-order valence-electron chi connectivity index (χ0n) is 16.6. The maximum Gasteiger partial charge on any atom is 0.257 e. The summed E-state index contributed by atoms with van der Waals surface area (Å²) >= 11 is 3.37. The highest BCUT2D eigenvalue weighted by Gasteiger charge is 2.35. The van der Waals surface area contributed by atoms with Gasteiger partial charge in [-0.25, -0.2) is 5.01 Å². The molecule has 154 valence electrons. The van der Waals surface area contributed by atoms with Gasteiger partial charge in [0, 0.05) is 35.8 Å². The highest BCUT2D eigenvalue weighted by Crippen LogP contribution is 2.36. The second-order valence-corrected chi connectivity index (χ2v) is 9.61. The van der Waals surface area contributed by atoms with Crippen LogP contribution in [0.2, 0.25) is 0 Å². The van der Waals surface area contributed by atoms with Crippen molar-refractivity contribution in [3.63, 3.8) is 0 Å². The van der Waals surface area contributed by atoms with E-state index in [4.69, 9.17) is 5.10 Å². The van der Waals surface area contributed by atoms with Gasteiger partial charge in [-0.3, -0.25) is 19.7 Å². The van der Waals surface area contributed by atoms with Crippen LogP contribution >= 0.6 is 22.7 Å². The zero-order chi connectivity index (χ0) is 20.3. The third-order valence-corrected chi connectivity index (χ3v) is 7.68. The fourth-order valence-corrected chi connectivity index (χ4v) is 5.74. The lowest BCUT2D eigenvalue weighted by Crippen LogP contribution is -2.41. The van der Waals surface area contributed by atoms with Crippen LogP contribution in [-0.4, -0.2) is 51.1 Å². The number of nitrogens with zero attached hydrogens (tertiary/aromatic N) is 5. The number of carbonyl (C=O) groups excluding carboxylic acids is 1. The third kappa shape index (κ3) is 4.08.